The number of nitrogens with one attached hydrogen (secondary N) is 2. The van der Waals surface area contributed by atoms with Crippen molar-refractivity contribution in [3.05, 3.63) is 41.6 Å². The summed E-state index contributed by atoms with van der Waals surface area (Å²) in [5.41, 5.74) is 2.74. The quantitative estimate of drug-likeness (QED) is 0.455. The molecule has 1 saturated heterocycles. The minimum Gasteiger partial charge on any atom is -0.354 e. The minimum atomic E-state index is 0.0267. The number of fused-ring (bicyclic) bond motifs is 1. The molecule has 1 aromatic carbocycles. The average Bonchev–Trinajstić information content (AvgIpc) is 3.52. The second kappa shape index (κ2) is 9.77. The Morgan fingerprint density at radius 3 is 2.82 bits per heavy atom. The number of piperidine rings is 1. The average molecular weight is 464 g/mol. The van der Waals surface area contributed by atoms with Gasteiger partial charge in [0.2, 0.25) is 5.95 Å². The molecule has 0 atom stereocenters. The molecule has 2 fully saturated rings. The van der Waals surface area contributed by atoms with E-state index in [0.29, 0.717) is 12.0 Å². The summed E-state index contributed by atoms with van der Waals surface area (Å²) in [5, 5.41) is 7.55. The van der Waals surface area contributed by atoms with E-state index in [2.05, 4.69) is 39.7 Å². The number of anilines is 1. The highest BCUT2D eigenvalue weighted by molar-refractivity contribution is 7.22. The number of hydrogen-bond acceptors (Lipinski definition) is 6. The van der Waals surface area contributed by atoms with Gasteiger partial charge in [-0.2, -0.15) is 0 Å². The van der Waals surface area contributed by atoms with Crippen LogP contribution < -0.4 is 10.6 Å². The number of benzene rings is 1. The van der Waals surface area contributed by atoms with Crippen molar-refractivity contribution in [3.8, 4) is 10.6 Å². The lowest BCUT2D eigenvalue weighted by molar-refractivity contribution is 0.0953. The summed E-state index contributed by atoms with van der Waals surface area (Å²) in [6, 6.07) is 8.43. The third-order valence-corrected chi connectivity index (χ3v) is 7.94. The van der Waals surface area contributed by atoms with Crippen molar-refractivity contribution in [2.75, 3.05) is 32.0 Å². The summed E-state index contributed by atoms with van der Waals surface area (Å²) in [5.74, 6) is 1.56. The van der Waals surface area contributed by atoms with E-state index in [0.717, 1.165) is 63.5 Å². The number of carbonyl (C=O) groups is 1. The van der Waals surface area contributed by atoms with Gasteiger partial charge < -0.3 is 15.5 Å². The van der Waals surface area contributed by atoms with E-state index in [9.17, 15) is 4.79 Å². The summed E-state index contributed by atoms with van der Waals surface area (Å²) in [6.07, 6.45) is 9.11. The first-order valence-corrected chi connectivity index (χ1v) is 13.0. The smallest absolute Gasteiger partial charge is 0.252 e. The molecule has 3 heterocycles. The Morgan fingerprint density at radius 2 is 2.03 bits per heavy atom. The van der Waals surface area contributed by atoms with Crippen LogP contribution in [0.25, 0.3) is 20.7 Å². The molecule has 2 N–H and O–H groups in total. The van der Waals surface area contributed by atoms with Gasteiger partial charge in [-0.05, 0) is 95.3 Å². The van der Waals surface area contributed by atoms with Crippen LogP contribution in [0.4, 0.5) is 5.95 Å². The van der Waals surface area contributed by atoms with Crippen molar-refractivity contribution in [1.29, 1.82) is 0 Å². The molecule has 7 heteroatoms. The first-order valence-electron chi connectivity index (χ1n) is 12.2. The van der Waals surface area contributed by atoms with Crippen LogP contribution in [0.5, 0.6) is 0 Å². The second-order valence-corrected chi connectivity index (χ2v) is 10.7. The maximum Gasteiger partial charge on any atom is 0.252 e. The molecule has 0 radical (unpaired) electrons. The van der Waals surface area contributed by atoms with Crippen molar-refractivity contribution < 1.29 is 4.79 Å². The van der Waals surface area contributed by atoms with Crippen molar-refractivity contribution in [3.63, 3.8) is 0 Å². The Balaban J connectivity index is 1.27. The van der Waals surface area contributed by atoms with Crippen LogP contribution in [-0.2, 0) is 0 Å². The monoisotopic (exact) mass is 463 g/mol. The van der Waals surface area contributed by atoms with Gasteiger partial charge in [-0.3, -0.25) is 4.79 Å². The summed E-state index contributed by atoms with van der Waals surface area (Å²) in [7, 11) is 2.21. The molecular weight excluding hydrogens is 430 g/mol. The van der Waals surface area contributed by atoms with Crippen molar-refractivity contribution >= 4 is 33.3 Å². The zero-order valence-corrected chi connectivity index (χ0v) is 20.4. The summed E-state index contributed by atoms with van der Waals surface area (Å²) in [4.78, 5) is 25.6. The van der Waals surface area contributed by atoms with Gasteiger partial charge in [0.1, 0.15) is 0 Å². The van der Waals surface area contributed by atoms with E-state index in [4.69, 9.17) is 4.98 Å². The number of amides is 1. The highest BCUT2D eigenvalue weighted by Gasteiger charge is 2.25. The third-order valence-electron chi connectivity index (χ3n) is 6.83. The number of nitrogens with zero attached hydrogens (tertiary/aromatic N) is 3. The molecule has 2 aliphatic rings. The Bertz CT molecular complexity index is 1130. The van der Waals surface area contributed by atoms with Crippen LogP contribution in [0.3, 0.4) is 0 Å². The van der Waals surface area contributed by atoms with Gasteiger partial charge in [-0.15, -0.1) is 11.3 Å². The lowest BCUT2D eigenvalue weighted by atomic mass is 9.92. The SMILES string of the molecule is Cc1cnc(NCCCC2CCN(C)CC2)nc1-c1cc2c(C(=O)NC3CC3)cccc2s1. The zero-order valence-electron chi connectivity index (χ0n) is 19.6. The molecule has 174 valence electrons. The van der Waals surface area contributed by atoms with Gasteiger partial charge in [0.25, 0.3) is 5.91 Å². The molecule has 0 unspecified atom stereocenters. The van der Waals surface area contributed by atoms with Crippen LogP contribution in [-0.4, -0.2) is 53.5 Å². The summed E-state index contributed by atoms with van der Waals surface area (Å²) >= 11 is 1.68. The fraction of sp³-hybridized carbons (Fsp3) is 0.500. The van der Waals surface area contributed by atoms with E-state index in [1.807, 2.05) is 25.3 Å². The molecule has 1 aliphatic carbocycles. The number of hydrogen-bond donors (Lipinski definition) is 2. The van der Waals surface area contributed by atoms with E-state index in [1.165, 1.54) is 32.4 Å². The first-order chi connectivity index (χ1) is 16.1. The zero-order chi connectivity index (χ0) is 22.8. The van der Waals surface area contributed by atoms with Gasteiger partial charge in [0, 0.05) is 34.4 Å². The molecule has 6 nitrogen and oxygen atoms in total. The molecule has 1 amide bonds. The first kappa shape index (κ1) is 22.3. The van der Waals surface area contributed by atoms with E-state index >= 15 is 0 Å². The standard InChI is InChI=1S/C26H33N5OS/c1-17-16-28-26(27-12-4-5-18-10-13-31(2)14-11-18)30-24(17)23-15-21-20(6-3-7-22(21)33-23)25(32)29-19-8-9-19/h3,6-7,15-16,18-19H,4-5,8-14H2,1-2H3,(H,29,32)(H,27,28,30). The number of aryl methyl sites for hydroxylation is 1. The molecule has 3 aromatic rings. The largest absolute Gasteiger partial charge is 0.354 e. The van der Waals surface area contributed by atoms with Crippen molar-refractivity contribution in [2.24, 2.45) is 5.92 Å². The van der Waals surface area contributed by atoms with Gasteiger partial charge >= 0.3 is 0 Å². The van der Waals surface area contributed by atoms with E-state index in [1.54, 1.807) is 11.3 Å². The molecule has 1 aliphatic heterocycles. The molecule has 5 rings (SSSR count). The number of carbonyl (C=O) groups excluding carboxylic acids is 1. The molecular formula is C26H33N5OS. The number of aromatic nitrogens is 2. The van der Waals surface area contributed by atoms with E-state index in [-0.39, 0.29) is 5.91 Å². The maximum atomic E-state index is 12.7. The molecule has 33 heavy (non-hydrogen) atoms. The number of likely N-dealkylation sites (tertiary alicyclic amines) is 1. The molecule has 2 aromatic heterocycles. The normalized spacial score (nSPS) is 17.4. The Morgan fingerprint density at radius 1 is 1.21 bits per heavy atom. The summed E-state index contributed by atoms with van der Waals surface area (Å²) < 4.78 is 1.11. The van der Waals surface area contributed by atoms with Crippen LogP contribution in [0.1, 0.15) is 54.4 Å². The van der Waals surface area contributed by atoms with Gasteiger partial charge in [-0.25, -0.2) is 9.97 Å². The lowest BCUT2D eigenvalue weighted by Crippen LogP contribution is -2.30. The van der Waals surface area contributed by atoms with E-state index < -0.39 is 0 Å². The Kier molecular flexibility index (Phi) is 6.60. The Labute approximate surface area is 199 Å². The van der Waals surface area contributed by atoms with Gasteiger partial charge in [0.05, 0.1) is 10.6 Å². The maximum absolute atomic E-state index is 12.7. The lowest BCUT2D eigenvalue weighted by Gasteiger charge is -2.28. The molecule has 0 spiro atoms. The summed E-state index contributed by atoms with van der Waals surface area (Å²) in [6.45, 7) is 5.39. The molecule has 0 bridgehead atoms. The highest BCUT2D eigenvalue weighted by atomic mass is 32.1. The third kappa shape index (κ3) is 5.36. The number of rotatable bonds is 8. The van der Waals surface area contributed by atoms with Crippen LogP contribution in [0.15, 0.2) is 30.5 Å². The predicted molar refractivity (Wildman–Crippen MR) is 136 cm³/mol. The minimum absolute atomic E-state index is 0.0267. The van der Waals surface area contributed by atoms with Crippen molar-refractivity contribution in [2.45, 2.75) is 51.5 Å². The predicted octanol–water partition coefficient (Wildman–Crippen LogP) is 5.09. The van der Waals surface area contributed by atoms with Crippen molar-refractivity contribution in [1.82, 2.24) is 20.2 Å². The van der Waals surface area contributed by atoms with Crippen LogP contribution in [0, 0.1) is 12.8 Å². The van der Waals surface area contributed by atoms with Crippen LogP contribution in [0.2, 0.25) is 0 Å². The topological polar surface area (TPSA) is 70.2 Å². The fourth-order valence-corrected chi connectivity index (χ4v) is 5.73. The number of thiophene rings is 1. The highest BCUT2D eigenvalue weighted by Crippen LogP contribution is 2.36. The fourth-order valence-electron chi connectivity index (χ4n) is 4.58. The van der Waals surface area contributed by atoms with Crippen LogP contribution >= 0.6 is 11.3 Å². The second-order valence-electron chi connectivity index (χ2n) is 9.62. The van der Waals surface area contributed by atoms with Gasteiger partial charge in [0.15, 0.2) is 0 Å². The van der Waals surface area contributed by atoms with Gasteiger partial charge in [-0.1, -0.05) is 6.07 Å². The Hall–Kier alpha value is -2.51. The molecule has 1 saturated carbocycles.